The molecule has 0 aromatic heterocycles. The molecule has 0 saturated carbocycles. The van der Waals surface area contributed by atoms with Crippen LogP contribution in [0.5, 0.6) is 0 Å². The largest absolute Gasteiger partial charge is 0.368 e. The summed E-state index contributed by atoms with van der Waals surface area (Å²) < 4.78 is 13.3. The minimum absolute atomic E-state index is 0.369. The molecule has 0 radical (unpaired) electrons. The molecule has 0 aliphatic heterocycles. The number of aryl methyl sites for hydroxylation is 1. The Morgan fingerprint density at radius 2 is 1.90 bits per heavy atom. The van der Waals surface area contributed by atoms with Crippen molar-refractivity contribution in [1.29, 1.82) is 0 Å². The third-order valence-electron chi connectivity index (χ3n) is 3.40. The maximum Gasteiger partial charge on any atom is 0.247 e. The van der Waals surface area contributed by atoms with E-state index in [-0.39, 0.29) is 5.82 Å². The van der Waals surface area contributed by atoms with Gasteiger partial charge in [0, 0.05) is 5.69 Å². The van der Waals surface area contributed by atoms with Crippen molar-refractivity contribution in [3.05, 3.63) is 65.5 Å². The molecular formula is C16H17FN2O. The number of rotatable bonds is 4. The van der Waals surface area contributed by atoms with Crippen LogP contribution in [0.3, 0.4) is 0 Å². The molecule has 0 aliphatic rings. The summed E-state index contributed by atoms with van der Waals surface area (Å²) >= 11 is 0. The van der Waals surface area contributed by atoms with Crippen molar-refractivity contribution < 1.29 is 9.18 Å². The summed E-state index contributed by atoms with van der Waals surface area (Å²) in [5.74, 6) is -0.886. The zero-order chi connectivity index (χ0) is 14.8. The van der Waals surface area contributed by atoms with Crippen LogP contribution < -0.4 is 11.1 Å². The molecule has 0 saturated heterocycles. The summed E-state index contributed by atoms with van der Waals surface area (Å²) in [5, 5.41) is 3.04. The zero-order valence-corrected chi connectivity index (χ0v) is 11.5. The Kier molecular flexibility index (Phi) is 3.74. The minimum Gasteiger partial charge on any atom is -0.368 e. The fourth-order valence-electron chi connectivity index (χ4n) is 2.25. The van der Waals surface area contributed by atoms with Crippen LogP contribution in [0.1, 0.15) is 18.1 Å². The minimum atomic E-state index is -1.10. The van der Waals surface area contributed by atoms with E-state index in [1.54, 1.807) is 19.1 Å². The van der Waals surface area contributed by atoms with Gasteiger partial charge in [-0.3, -0.25) is 4.79 Å². The number of nitrogens with one attached hydrogen (secondary N) is 1. The number of benzene rings is 2. The topological polar surface area (TPSA) is 55.1 Å². The van der Waals surface area contributed by atoms with Crippen LogP contribution in [-0.2, 0) is 10.3 Å². The summed E-state index contributed by atoms with van der Waals surface area (Å²) in [6.07, 6.45) is 0. The molecule has 0 spiro atoms. The number of hydrogen-bond donors (Lipinski definition) is 2. The Balaban J connectivity index is 2.46. The van der Waals surface area contributed by atoms with Crippen LogP contribution in [-0.4, -0.2) is 5.91 Å². The van der Waals surface area contributed by atoms with Gasteiger partial charge in [-0.1, -0.05) is 30.3 Å². The van der Waals surface area contributed by atoms with E-state index < -0.39 is 11.4 Å². The number of carbonyl (C=O) groups is 1. The van der Waals surface area contributed by atoms with Crippen LogP contribution in [0.15, 0.2) is 48.5 Å². The average molecular weight is 272 g/mol. The first-order valence-electron chi connectivity index (χ1n) is 6.33. The van der Waals surface area contributed by atoms with Gasteiger partial charge in [-0.15, -0.1) is 0 Å². The molecule has 1 unspecified atom stereocenters. The van der Waals surface area contributed by atoms with Gasteiger partial charge in [-0.25, -0.2) is 4.39 Å². The van der Waals surface area contributed by atoms with Crippen molar-refractivity contribution in [3.8, 4) is 0 Å². The summed E-state index contributed by atoms with van der Waals surface area (Å²) in [7, 11) is 0. The molecule has 0 heterocycles. The van der Waals surface area contributed by atoms with Crippen molar-refractivity contribution >= 4 is 11.6 Å². The fourth-order valence-corrected chi connectivity index (χ4v) is 2.25. The second kappa shape index (κ2) is 5.33. The summed E-state index contributed by atoms with van der Waals surface area (Å²) in [4.78, 5) is 11.9. The molecule has 4 heteroatoms. The molecule has 2 rings (SSSR count). The molecule has 1 atom stereocenters. The first-order chi connectivity index (χ1) is 9.43. The van der Waals surface area contributed by atoms with E-state index in [4.69, 9.17) is 5.73 Å². The molecule has 0 aliphatic carbocycles. The Morgan fingerprint density at radius 1 is 1.20 bits per heavy atom. The highest BCUT2D eigenvalue weighted by molar-refractivity contribution is 5.89. The monoisotopic (exact) mass is 272 g/mol. The van der Waals surface area contributed by atoms with Gasteiger partial charge in [0.1, 0.15) is 11.4 Å². The van der Waals surface area contributed by atoms with Gasteiger partial charge in [0.2, 0.25) is 5.91 Å². The average Bonchev–Trinajstić information content (AvgIpc) is 2.38. The number of hydrogen-bond acceptors (Lipinski definition) is 2. The molecule has 3 N–H and O–H groups in total. The second-order valence-corrected chi connectivity index (χ2v) is 4.94. The van der Waals surface area contributed by atoms with Crippen molar-refractivity contribution in [1.82, 2.24) is 0 Å². The van der Waals surface area contributed by atoms with E-state index in [1.807, 2.05) is 31.2 Å². The maximum absolute atomic E-state index is 13.3. The molecule has 1 amide bonds. The SMILES string of the molecule is Cc1ccccc1C(C)(Nc1cccc(F)c1)C(N)=O. The van der Waals surface area contributed by atoms with Crippen molar-refractivity contribution in [2.75, 3.05) is 5.32 Å². The Bertz CT molecular complexity index is 642. The van der Waals surface area contributed by atoms with Crippen LogP contribution in [0.2, 0.25) is 0 Å². The van der Waals surface area contributed by atoms with Gasteiger partial charge in [-0.05, 0) is 43.2 Å². The highest BCUT2D eigenvalue weighted by atomic mass is 19.1. The predicted octanol–water partition coefficient (Wildman–Crippen LogP) is 2.95. The number of anilines is 1. The van der Waals surface area contributed by atoms with E-state index in [0.717, 1.165) is 11.1 Å². The fraction of sp³-hybridized carbons (Fsp3) is 0.188. The molecule has 2 aromatic rings. The van der Waals surface area contributed by atoms with Crippen LogP contribution >= 0.6 is 0 Å². The molecule has 0 bridgehead atoms. The van der Waals surface area contributed by atoms with Gasteiger partial charge in [0.25, 0.3) is 0 Å². The van der Waals surface area contributed by atoms with Crippen LogP contribution in [0.25, 0.3) is 0 Å². The highest BCUT2D eigenvalue weighted by Crippen LogP contribution is 2.28. The summed E-state index contributed by atoms with van der Waals surface area (Å²) in [6, 6.07) is 13.4. The van der Waals surface area contributed by atoms with Crippen LogP contribution in [0, 0.1) is 12.7 Å². The lowest BCUT2D eigenvalue weighted by molar-refractivity contribution is -0.122. The highest BCUT2D eigenvalue weighted by Gasteiger charge is 2.34. The van der Waals surface area contributed by atoms with Crippen molar-refractivity contribution in [2.24, 2.45) is 5.73 Å². The Labute approximate surface area is 117 Å². The lowest BCUT2D eigenvalue weighted by Crippen LogP contribution is -2.45. The molecule has 2 aromatic carbocycles. The molecule has 20 heavy (non-hydrogen) atoms. The lowest BCUT2D eigenvalue weighted by Gasteiger charge is -2.30. The van der Waals surface area contributed by atoms with Crippen LogP contribution in [0.4, 0.5) is 10.1 Å². The number of halogens is 1. The molecule has 3 nitrogen and oxygen atoms in total. The maximum atomic E-state index is 13.3. The van der Waals surface area contributed by atoms with E-state index >= 15 is 0 Å². The number of primary amides is 1. The lowest BCUT2D eigenvalue weighted by atomic mass is 9.87. The smallest absolute Gasteiger partial charge is 0.247 e. The summed E-state index contributed by atoms with van der Waals surface area (Å²) in [5.41, 5.74) is 6.69. The molecular weight excluding hydrogens is 255 g/mol. The molecule has 0 fully saturated rings. The Morgan fingerprint density at radius 3 is 2.50 bits per heavy atom. The van der Waals surface area contributed by atoms with Gasteiger partial charge >= 0.3 is 0 Å². The van der Waals surface area contributed by atoms with Gasteiger partial charge in [-0.2, -0.15) is 0 Å². The van der Waals surface area contributed by atoms with Crippen molar-refractivity contribution in [2.45, 2.75) is 19.4 Å². The van der Waals surface area contributed by atoms with E-state index in [0.29, 0.717) is 5.69 Å². The van der Waals surface area contributed by atoms with E-state index in [9.17, 15) is 9.18 Å². The zero-order valence-electron chi connectivity index (χ0n) is 11.5. The standard InChI is InChI=1S/C16H17FN2O/c1-11-6-3-4-9-14(11)16(2,15(18)20)19-13-8-5-7-12(17)10-13/h3-10,19H,1-2H3,(H2,18,20). The van der Waals surface area contributed by atoms with E-state index in [1.165, 1.54) is 12.1 Å². The van der Waals surface area contributed by atoms with Gasteiger partial charge in [0.15, 0.2) is 0 Å². The van der Waals surface area contributed by atoms with E-state index in [2.05, 4.69) is 5.32 Å². The second-order valence-electron chi connectivity index (χ2n) is 4.94. The molecule has 104 valence electrons. The predicted molar refractivity (Wildman–Crippen MR) is 77.7 cm³/mol. The quantitative estimate of drug-likeness (QED) is 0.899. The first-order valence-corrected chi connectivity index (χ1v) is 6.33. The number of amides is 1. The normalized spacial score (nSPS) is 13.6. The first kappa shape index (κ1) is 14.1. The third kappa shape index (κ3) is 2.64. The third-order valence-corrected chi connectivity index (χ3v) is 3.40. The van der Waals surface area contributed by atoms with Crippen molar-refractivity contribution in [3.63, 3.8) is 0 Å². The summed E-state index contributed by atoms with van der Waals surface area (Å²) in [6.45, 7) is 3.60. The number of nitrogens with two attached hydrogens (primary N) is 1. The van der Waals surface area contributed by atoms with Gasteiger partial charge < -0.3 is 11.1 Å². The van der Waals surface area contributed by atoms with Gasteiger partial charge in [0.05, 0.1) is 0 Å². The Hall–Kier alpha value is -2.36. The number of carbonyl (C=O) groups excluding carboxylic acids is 1.